The third-order valence-corrected chi connectivity index (χ3v) is 1.83. The summed E-state index contributed by atoms with van der Waals surface area (Å²) in [6.07, 6.45) is -1.30. The number of halogens is 3. The van der Waals surface area contributed by atoms with Gasteiger partial charge in [-0.05, 0) is 5.56 Å². The van der Waals surface area contributed by atoms with E-state index in [1.165, 1.54) is 13.3 Å². The minimum Gasteiger partial charge on any atom is -0.481 e. The number of pyridine rings is 1. The molecule has 6 heteroatoms. The summed E-state index contributed by atoms with van der Waals surface area (Å²) in [7, 11) is 1.49. The Morgan fingerprint density at radius 3 is 2.53 bits per heavy atom. The zero-order chi connectivity index (χ0) is 10.6. The van der Waals surface area contributed by atoms with Crippen LogP contribution >= 0.6 is 12.4 Å². The monoisotopic (exact) mass is 238 g/mol. The molecule has 0 saturated carbocycles. The van der Waals surface area contributed by atoms with Gasteiger partial charge in [0.25, 0.3) is 0 Å². The van der Waals surface area contributed by atoms with Crippen molar-refractivity contribution in [2.75, 3.05) is 7.11 Å². The Morgan fingerprint density at radius 2 is 2.13 bits per heavy atom. The Bertz CT molecular complexity index is 282. The van der Waals surface area contributed by atoms with Gasteiger partial charge in [-0.1, -0.05) is 6.07 Å². The van der Waals surface area contributed by atoms with Crippen LogP contribution in [0.15, 0.2) is 18.3 Å². The predicted octanol–water partition coefficient (Wildman–Crippen LogP) is 2.17. The molecule has 0 aromatic carbocycles. The van der Waals surface area contributed by atoms with Crippen LogP contribution < -0.4 is 10.5 Å². The summed E-state index contributed by atoms with van der Waals surface area (Å²) in [4.78, 5) is 3.88. The molecule has 1 heterocycles. The van der Waals surface area contributed by atoms with Gasteiger partial charge in [-0.25, -0.2) is 13.8 Å². The molecule has 1 aromatic rings. The molecule has 3 nitrogen and oxygen atoms in total. The molecule has 0 fully saturated rings. The van der Waals surface area contributed by atoms with Crippen LogP contribution in [-0.4, -0.2) is 18.5 Å². The average molecular weight is 239 g/mol. The van der Waals surface area contributed by atoms with Crippen molar-refractivity contribution in [2.24, 2.45) is 5.73 Å². The van der Waals surface area contributed by atoms with Gasteiger partial charge in [-0.2, -0.15) is 0 Å². The molecule has 1 atom stereocenters. The smallest absolute Gasteiger partial charge is 0.240 e. The minimum absolute atomic E-state index is 0. The topological polar surface area (TPSA) is 48.1 Å². The quantitative estimate of drug-likeness (QED) is 0.875. The zero-order valence-electron chi connectivity index (χ0n) is 8.19. The molecule has 0 aliphatic rings. The fourth-order valence-electron chi connectivity index (χ4n) is 1.06. The van der Waals surface area contributed by atoms with E-state index in [1.807, 2.05) is 0 Å². The molecule has 0 amide bonds. The molecular weight excluding hydrogens is 226 g/mol. The maximum Gasteiger partial charge on any atom is 0.240 e. The summed E-state index contributed by atoms with van der Waals surface area (Å²) in [6.45, 7) is 0. The SMILES string of the molecule is COc1ccc([C@H](N)CC(F)F)cn1.Cl. The van der Waals surface area contributed by atoms with Gasteiger partial charge in [0, 0.05) is 24.7 Å². The van der Waals surface area contributed by atoms with Gasteiger partial charge in [0.15, 0.2) is 0 Å². The van der Waals surface area contributed by atoms with E-state index >= 15 is 0 Å². The molecular formula is C9H13ClF2N2O. The van der Waals surface area contributed by atoms with Crippen LogP contribution in [0.5, 0.6) is 5.88 Å². The summed E-state index contributed by atoms with van der Waals surface area (Å²) in [6, 6.07) is 2.56. The summed E-state index contributed by atoms with van der Waals surface area (Å²) in [5.41, 5.74) is 6.12. The van der Waals surface area contributed by atoms with E-state index in [0.29, 0.717) is 11.4 Å². The van der Waals surface area contributed by atoms with Gasteiger partial charge in [0.05, 0.1) is 7.11 Å². The lowest BCUT2D eigenvalue weighted by Crippen LogP contribution is -2.14. The van der Waals surface area contributed by atoms with Crippen molar-refractivity contribution in [1.82, 2.24) is 4.98 Å². The van der Waals surface area contributed by atoms with Gasteiger partial charge in [-0.3, -0.25) is 0 Å². The first-order valence-electron chi connectivity index (χ1n) is 4.17. The standard InChI is InChI=1S/C9H12F2N2O.ClH/c1-14-9-3-2-6(5-13-9)7(12)4-8(10)11;/h2-3,5,7-8H,4,12H2,1H3;1H/t7-;/m1./s1. The number of ether oxygens (including phenoxy) is 1. The molecule has 0 aliphatic carbocycles. The lowest BCUT2D eigenvalue weighted by atomic mass is 10.1. The number of nitrogens with zero attached hydrogens (tertiary/aromatic N) is 1. The van der Waals surface area contributed by atoms with Crippen molar-refractivity contribution in [3.8, 4) is 5.88 Å². The number of methoxy groups -OCH3 is 1. The van der Waals surface area contributed by atoms with Crippen LogP contribution in [-0.2, 0) is 0 Å². The normalized spacial score (nSPS) is 12.1. The molecule has 86 valence electrons. The van der Waals surface area contributed by atoms with Crippen molar-refractivity contribution in [1.29, 1.82) is 0 Å². The number of alkyl halides is 2. The summed E-state index contributed by atoms with van der Waals surface area (Å²) in [5, 5.41) is 0. The van der Waals surface area contributed by atoms with Gasteiger partial charge in [0.1, 0.15) is 0 Å². The van der Waals surface area contributed by atoms with Crippen LogP contribution in [0.4, 0.5) is 8.78 Å². The molecule has 0 spiro atoms. The predicted molar refractivity (Wildman–Crippen MR) is 55.6 cm³/mol. The van der Waals surface area contributed by atoms with E-state index in [1.54, 1.807) is 12.1 Å². The number of rotatable bonds is 4. The Labute approximate surface area is 93.0 Å². The third kappa shape index (κ3) is 4.40. The first kappa shape index (κ1) is 14.1. The second-order valence-corrected chi connectivity index (χ2v) is 2.87. The number of nitrogens with two attached hydrogens (primary N) is 1. The third-order valence-electron chi connectivity index (χ3n) is 1.83. The van der Waals surface area contributed by atoms with E-state index in [0.717, 1.165) is 0 Å². The first-order valence-corrected chi connectivity index (χ1v) is 4.17. The molecule has 15 heavy (non-hydrogen) atoms. The molecule has 0 radical (unpaired) electrons. The molecule has 0 saturated heterocycles. The largest absolute Gasteiger partial charge is 0.481 e. The summed E-state index contributed by atoms with van der Waals surface area (Å²) in [5.74, 6) is 0.443. The maximum absolute atomic E-state index is 12.0. The van der Waals surface area contributed by atoms with Crippen molar-refractivity contribution >= 4 is 12.4 Å². The lowest BCUT2D eigenvalue weighted by Gasteiger charge is -2.10. The second kappa shape index (κ2) is 6.53. The zero-order valence-corrected chi connectivity index (χ0v) is 9.01. The Balaban J connectivity index is 0.00000196. The van der Waals surface area contributed by atoms with Crippen LogP contribution in [0.2, 0.25) is 0 Å². The number of hydrogen-bond donors (Lipinski definition) is 1. The number of hydrogen-bond acceptors (Lipinski definition) is 3. The van der Waals surface area contributed by atoms with Crippen molar-refractivity contribution < 1.29 is 13.5 Å². The van der Waals surface area contributed by atoms with Gasteiger partial charge < -0.3 is 10.5 Å². The van der Waals surface area contributed by atoms with Crippen LogP contribution in [0, 0.1) is 0 Å². The molecule has 0 aliphatic heterocycles. The Morgan fingerprint density at radius 1 is 1.47 bits per heavy atom. The average Bonchev–Trinajstić information content (AvgIpc) is 2.17. The molecule has 1 rings (SSSR count). The van der Waals surface area contributed by atoms with Gasteiger partial charge in [0.2, 0.25) is 12.3 Å². The van der Waals surface area contributed by atoms with Crippen LogP contribution in [0.3, 0.4) is 0 Å². The summed E-state index contributed by atoms with van der Waals surface area (Å²) < 4.78 is 28.8. The highest BCUT2D eigenvalue weighted by molar-refractivity contribution is 5.85. The highest BCUT2D eigenvalue weighted by Gasteiger charge is 2.12. The Hall–Kier alpha value is -0.940. The van der Waals surface area contributed by atoms with Gasteiger partial charge in [-0.15, -0.1) is 12.4 Å². The molecule has 0 bridgehead atoms. The van der Waals surface area contributed by atoms with E-state index in [9.17, 15) is 8.78 Å². The lowest BCUT2D eigenvalue weighted by molar-refractivity contribution is 0.128. The first-order chi connectivity index (χ1) is 6.63. The highest BCUT2D eigenvalue weighted by Crippen LogP contribution is 2.18. The number of aromatic nitrogens is 1. The van der Waals surface area contributed by atoms with Crippen molar-refractivity contribution in [3.63, 3.8) is 0 Å². The molecule has 2 N–H and O–H groups in total. The van der Waals surface area contributed by atoms with Crippen molar-refractivity contribution in [2.45, 2.75) is 18.9 Å². The van der Waals surface area contributed by atoms with Crippen molar-refractivity contribution in [3.05, 3.63) is 23.9 Å². The van der Waals surface area contributed by atoms with Crippen LogP contribution in [0.25, 0.3) is 0 Å². The molecule has 0 unspecified atom stereocenters. The van der Waals surface area contributed by atoms with E-state index < -0.39 is 12.5 Å². The second-order valence-electron chi connectivity index (χ2n) is 2.87. The fraction of sp³-hybridized carbons (Fsp3) is 0.444. The van der Waals surface area contributed by atoms with E-state index in [-0.39, 0.29) is 18.8 Å². The Kier molecular flexibility index (Phi) is 6.12. The maximum atomic E-state index is 12.0. The summed E-state index contributed by atoms with van der Waals surface area (Å²) >= 11 is 0. The van der Waals surface area contributed by atoms with Crippen LogP contribution in [0.1, 0.15) is 18.0 Å². The fourth-order valence-corrected chi connectivity index (χ4v) is 1.06. The minimum atomic E-state index is -2.40. The molecule has 1 aromatic heterocycles. The van der Waals surface area contributed by atoms with E-state index in [4.69, 9.17) is 10.5 Å². The van der Waals surface area contributed by atoms with Gasteiger partial charge >= 0.3 is 0 Å². The van der Waals surface area contributed by atoms with E-state index in [2.05, 4.69) is 4.98 Å². The highest BCUT2D eigenvalue weighted by atomic mass is 35.5.